The maximum Gasteiger partial charge on any atom is 0.269 e. The highest BCUT2D eigenvalue weighted by molar-refractivity contribution is 5.95. The van der Waals surface area contributed by atoms with E-state index < -0.39 is 5.82 Å². The van der Waals surface area contributed by atoms with Crippen molar-refractivity contribution < 1.29 is 13.9 Å². The highest BCUT2D eigenvalue weighted by atomic mass is 19.1. The quantitative estimate of drug-likeness (QED) is 0.559. The van der Waals surface area contributed by atoms with Crippen LogP contribution in [0.2, 0.25) is 0 Å². The summed E-state index contributed by atoms with van der Waals surface area (Å²) < 4.78 is 19.2. The van der Waals surface area contributed by atoms with E-state index in [1.54, 1.807) is 31.4 Å². The summed E-state index contributed by atoms with van der Waals surface area (Å²) in [7, 11) is 1.64. The topological polar surface area (TPSA) is 51.2 Å². The maximum atomic E-state index is 13.9. The maximum absolute atomic E-state index is 13.9. The molecule has 4 aromatic rings. The minimum absolute atomic E-state index is 0.205. The number of benzene rings is 3. The number of para-hydroxylation sites is 1. The number of halogens is 1. The minimum Gasteiger partial charge on any atom is -0.497 e. The molecular weight excluding hydrogens is 355 g/mol. The Labute approximate surface area is 162 Å². The number of nitrogens with zero attached hydrogens (tertiary/aromatic N) is 1. The molecule has 0 aliphatic rings. The number of hydrogen-bond donors (Lipinski definition) is 1. The first-order chi connectivity index (χ1) is 13.7. The van der Waals surface area contributed by atoms with E-state index in [-0.39, 0.29) is 17.1 Å². The third-order valence-electron chi connectivity index (χ3n) is 4.76. The molecule has 0 spiro atoms. The summed E-state index contributed by atoms with van der Waals surface area (Å²) in [5.74, 6) is 0.0474. The SMILES string of the molecule is COc1ccc2cccc(CCNC(=O)c3ccc4cccc(F)c4n3)c2c1. The molecule has 1 amide bonds. The molecule has 4 rings (SSSR count). The molecule has 0 saturated heterocycles. The number of aromatic nitrogens is 1. The zero-order valence-corrected chi connectivity index (χ0v) is 15.4. The molecule has 1 aromatic heterocycles. The van der Waals surface area contributed by atoms with E-state index in [4.69, 9.17) is 4.74 Å². The number of carbonyl (C=O) groups is 1. The number of rotatable bonds is 5. The van der Waals surface area contributed by atoms with Crippen LogP contribution in [0, 0.1) is 5.82 Å². The fraction of sp³-hybridized carbons (Fsp3) is 0.130. The first-order valence-corrected chi connectivity index (χ1v) is 9.05. The second kappa shape index (κ2) is 7.64. The predicted molar refractivity (Wildman–Crippen MR) is 108 cm³/mol. The average molecular weight is 374 g/mol. The highest BCUT2D eigenvalue weighted by Crippen LogP contribution is 2.24. The molecule has 0 aliphatic heterocycles. The first kappa shape index (κ1) is 17.9. The van der Waals surface area contributed by atoms with Crippen LogP contribution in [0.15, 0.2) is 66.7 Å². The Hall–Kier alpha value is -3.47. The van der Waals surface area contributed by atoms with Crippen molar-refractivity contribution in [2.24, 2.45) is 0 Å². The third kappa shape index (κ3) is 3.51. The first-order valence-electron chi connectivity index (χ1n) is 9.05. The van der Waals surface area contributed by atoms with Gasteiger partial charge in [0.05, 0.1) is 7.11 Å². The van der Waals surface area contributed by atoms with Gasteiger partial charge in [0, 0.05) is 11.9 Å². The van der Waals surface area contributed by atoms with Gasteiger partial charge in [-0.1, -0.05) is 42.5 Å². The monoisotopic (exact) mass is 374 g/mol. The smallest absolute Gasteiger partial charge is 0.269 e. The fourth-order valence-corrected chi connectivity index (χ4v) is 3.30. The molecule has 140 valence electrons. The predicted octanol–water partition coefficient (Wildman–Crippen LogP) is 4.51. The Kier molecular flexibility index (Phi) is 4.89. The lowest BCUT2D eigenvalue weighted by Gasteiger charge is -2.10. The number of methoxy groups -OCH3 is 1. The summed E-state index contributed by atoms with van der Waals surface area (Å²) in [6.45, 7) is 0.451. The van der Waals surface area contributed by atoms with Crippen molar-refractivity contribution in [2.75, 3.05) is 13.7 Å². The Morgan fingerprint density at radius 3 is 2.68 bits per heavy atom. The molecule has 0 radical (unpaired) electrons. The molecule has 0 atom stereocenters. The molecular formula is C23H19FN2O2. The molecule has 0 bridgehead atoms. The van der Waals surface area contributed by atoms with E-state index in [0.717, 1.165) is 22.1 Å². The van der Waals surface area contributed by atoms with E-state index in [1.807, 2.05) is 36.4 Å². The van der Waals surface area contributed by atoms with Gasteiger partial charge < -0.3 is 10.1 Å². The van der Waals surface area contributed by atoms with Gasteiger partial charge in [-0.25, -0.2) is 9.37 Å². The van der Waals surface area contributed by atoms with Crippen molar-refractivity contribution in [1.82, 2.24) is 10.3 Å². The largest absolute Gasteiger partial charge is 0.497 e. The molecule has 3 aromatic carbocycles. The van der Waals surface area contributed by atoms with Crippen LogP contribution in [0.4, 0.5) is 4.39 Å². The van der Waals surface area contributed by atoms with Crippen LogP contribution in [0.1, 0.15) is 16.1 Å². The van der Waals surface area contributed by atoms with Crippen LogP contribution < -0.4 is 10.1 Å². The normalized spacial score (nSPS) is 10.9. The number of nitrogens with one attached hydrogen (secondary N) is 1. The number of carbonyl (C=O) groups excluding carboxylic acids is 1. The molecule has 1 heterocycles. The molecule has 0 fully saturated rings. The van der Waals surface area contributed by atoms with Crippen molar-refractivity contribution in [1.29, 1.82) is 0 Å². The van der Waals surface area contributed by atoms with Crippen molar-refractivity contribution >= 4 is 27.6 Å². The van der Waals surface area contributed by atoms with Crippen molar-refractivity contribution in [3.8, 4) is 5.75 Å². The van der Waals surface area contributed by atoms with Gasteiger partial charge in [0.15, 0.2) is 0 Å². The highest BCUT2D eigenvalue weighted by Gasteiger charge is 2.10. The van der Waals surface area contributed by atoms with Gasteiger partial charge in [-0.2, -0.15) is 0 Å². The van der Waals surface area contributed by atoms with Gasteiger partial charge in [-0.15, -0.1) is 0 Å². The second-order valence-corrected chi connectivity index (χ2v) is 6.52. The van der Waals surface area contributed by atoms with Crippen LogP contribution in [0.5, 0.6) is 5.75 Å². The molecule has 28 heavy (non-hydrogen) atoms. The molecule has 0 unspecified atom stereocenters. The molecule has 0 saturated carbocycles. The van der Waals surface area contributed by atoms with Crippen LogP contribution >= 0.6 is 0 Å². The van der Waals surface area contributed by atoms with E-state index in [0.29, 0.717) is 18.4 Å². The summed E-state index contributed by atoms with van der Waals surface area (Å²) >= 11 is 0. The summed E-state index contributed by atoms with van der Waals surface area (Å²) in [6, 6.07) is 20.1. The number of hydrogen-bond acceptors (Lipinski definition) is 3. The molecule has 1 N–H and O–H groups in total. The summed E-state index contributed by atoms with van der Waals surface area (Å²) in [5.41, 5.74) is 1.53. The van der Waals surface area contributed by atoms with Gasteiger partial charge in [0.1, 0.15) is 22.8 Å². The lowest BCUT2D eigenvalue weighted by Crippen LogP contribution is -2.26. The van der Waals surface area contributed by atoms with Crippen molar-refractivity contribution in [2.45, 2.75) is 6.42 Å². The lowest BCUT2D eigenvalue weighted by atomic mass is 10.0. The Balaban J connectivity index is 1.49. The Bertz CT molecular complexity index is 1170. The molecule has 4 nitrogen and oxygen atoms in total. The minimum atomic E-state index is -0.433. The van der Waals surface area contributed by atoms with Crippen LogP contribution in [0.3, 0.4) is 0 Å². The third-order valence-corrected chi connectivity index (χ3v) is 4.76. The Morgan fingerprint density at radius 2 is 1.82 bits per heavy atom. The number of pyridine rings is 1. The van der Waals surface area contributed by atoms with Crippen LogP contribution in [-0.2, 0) is 6.42 Å². The fourth-order valence-electron chi connectivity index (χ4n) is 3.30. The number of fused-ring (bicyclic) bond motifs is 2. The van der Waals surface area contributed by atoms with Gasteiger partial charge in [0.2, 0.25) is 0 Å². The zero-order valence-electron chi connectivity index (χ0n) is 15.4. The van der Waals surface area contributed by atoms with Gasteiger partial charge in [-0.3, -0.25) is 4.79 Å². The summed E-state index contributed by atoms with van der Waals surface area (Å²) in [6.07, 6.45) is 0.665. The van der Waals surface area contributed by atoms with E-state index in [9.17, 15) is 9.18 Å². The summed E-state index contributed by atoms with van der Waals surface area (Å²) in [4.78, 5) is 16.6. The number of ether oxygens (including phenoxy) is 1. The lowest BCUT2D eigenvalue weighted by molar-refractivity contribution is 0.0949. The van der Waals surface area contributed by atoms with Gasteiger partial charge in [-0.05, 0) is 47.0 Å². The number of amides is 1. The van der Waals surface area contributed by atoms with Gasteiger partial charge in [0.25, 0.3) is 5.91 Å². The van der Waals surface area contributed by atoms with Crippen molar-refractivity contribution in [3.05, 3.63) is 83.8 Å². The van der Waals surface area contributed by atoms with E-state index >= 15 is 0 Å². The molecule has 0 aliphatic carbocycles. The van der Waals surface area contributed by atoms with Crippen LogP contribution in [-0.4, -0.2) is 24.5 Å². The Morgan fingerprint density at radius 1 is 1.04 bits per heavy atom. The standard InChI is InChI=1S/C23H19FN2O2/c1-28-18-10-8-15-4-2-5-16(19(15)14-18)12-13-25-23(27)21-11-9-17-6-3-7-20(24)22(17)26-21/h2-11,14H,12-13H2,1H3,(H,25,27). The second-order valence-electron chi connectivity index (χ2n) is 6.52. The zero-order chi connectivity index (χ0) is 19.5. The van der Waals surface area contributed by atoms with Crippen LogP contribution in [0.25, 0.3) is 21.7 Å². The summed E-state index contributed by atoms with van der Waals surface area (Å²) in [5, 5.41) is 5.76. The molecule has 5 heteroatoms. The van der Waals surface area contributed by atoms with E-state index in [2.05, 4.69) is 10.3 Å². The van der Waals surface area contributed by atoms with Crippen molar-refractivity contribution in [3.63, 3.8) is 0 Å². The van der Waals surface area contributed by atoms with E-state index in [1.165, 1.54) is 6.07 Å². The van der Waals surface area contributed by atoms with Gasteiger partial charge >= 0.3 is 0 Å². The average Bonchev–Trinajstić information content (AvgIpc) is 2.73.